The molecule has 6 heteroatoms. The third-order valence-corrected chi connectivity index (χ3v) is 3.55. The van der Waals surface area contributed by atoms with Crippen LogP contribution in [0.25, 0.3) is 0 Å². The summed E-state index contributed by atoms with van der Waals surface area (Å²) < 4.78 is 15.5. The fourth-order valence-electron chi connectivity index (χ4n) is 2.18. The van der Waals surface area contributed by atoms with E-state index in [1.807, 2.05) is 36.9 Å². The predicted octanol–water partition coefficient (Wildman–Crippen LogP) is 2.65. The Hall–Kier alpha value is -2.37. The maximum absolute atomic E-state index is 13.7. The summed E-state index contributed by atoms with van der Waals surface area (Å²) in [5, 5.41) is 10.7. The summed E-state index contributed by atoms with van der Waals surface area (Å²) in [5.74, 6) is 0.532. The van der Waals surface area contributed by atoms with E-state index in [1.54, 1.807) is 25.3 Å². The number of aryl methyl sites for hydroxylation is 1. The van der Waals surface area contributed by atoms with Gasteiger partial charge in [-0.15, -0.1) is 0 Å². The van der Waals surface area contributed by atoms with Gasteiger partial charge >= 0.3 is 0 Å². The smallest absolute Gasteiger partial charge is 0.191 e. The second-order valence-corrected chi connectivity index (χ2v) is 5.40. The molecule has 0 aliphatic carbocycles. The number of hydrogen-bond acceptors (Lipinski definition) is 2. The van der Waals surface area contributed by atoms with Gasteiger partial charge in [0.1, 0.15) is 5.82 Å². The number of halogens is 1. The van der Waals surface area contributed by atoms with Crippen LogP contribution in [0.1, 0.15) is 31.0 Å². The number of nitrogens with zero attached hydrogens (tertiary/aromatic N) is 3. The Morgan fingerprint density at radius 1 is 1.43 bits per heavy atom. The molecule has 1 unspecified atom stereocenters. The van der Waals surface area contributed by atoms with Gasteiger partial charge in [0.05, 0.1) is 19.1 Å². The van der Waals surface area contributed by atoms with Crippen molar-refractivity contribution in [3.8, 4) is 0 Å². The molecular weight excluding hydrogens is 293 g/mol. The van der Waals surface area contributed by atoms with Crippen molar-refractivity contribution < 1.29 is 4.39 Å². The lowest BCUT2D eigenvalue weighted by atomic mass is 10.1. The highest BCUT2D eigenvalue weighted by Crippen LogP contribution is 2.16. The highest BCUT2D eigenvalue weighted by atomic mass is 19.1. The molecule has 0 aliphatic rings. The number of rotatable bonds is 6. The summed E-state index contributed by atoms with van der Waals surface area (Å²) in [4.78, 5) is 4.53. The Kier molecular flexibility index (Phi) is 6.14. The first-order valence-corrected chi connectivity index (χ1v) is 7.88. The lowest BCUT2D eigenvalue weighted by Crippen LogP contribution is -2.39. The van der Waals surface area contributed by atoms with Crippen molar-refractivity contribution in [3.63, 3.8) is 0 Å². The summed E-state index contributed by atoms with van der Waals surface area (Å²) in [6.45, 7) is 7.87. The monoisotopic (exact) mass is 317 g/mol. The second-order valence-electron chi connectivity index (χ2n) is 5.40. The quantitative estimate of drug-likeness (QED) is 0.636. The SMILES string of the molecule is CCNC(=NCCn1cccn1)NC(C)c1ccc(C)c(F)c1. The zero-order valence-electron chi connectivity index (χ0n) is 13.9. The van der Waals surface area contributed by atoms with Crippen molar-refractivity contribution in [1.29, 1.82) is 0 Å². The molecule has 0 saturated heterocycles. The topological polar surface area (TPSA) is 54.2 Å². The highest BCUT2D eigenvalue weighted by Gasteiger charge is 2.09. The summed E-state index contributed by atoms with van der Waals surface area (Å²) in [7, 11) is 0. The molecule has 23 heavy (non-hydrogen) atoms. The maximum atomic E-state index is 13.7. The molecule has 1 heterocycles. The van der Waals surface area contributed by atoms with Crippen LogP contribution in [0.5, 0.6) is 0 Å². The van der Waals surface area contributed by atoms with Gasteiger partial charge in [0.2, 0.25) is 0 Å². The zero-order valence-corrected chi connectivity index (χ0v) is 13.9. The second kappa shape index (κ2) is 8.31. The first-order chi connectivity index (χ1) is 11.1. The molecule has 2 rings (SSSR count). The summed E-state index contributed by atoms with van der Waals surface area (Å²) in [5.41, 5.74) is 1.55. The number of aromatic nitrogens is 2. The Labute approximate surface area is 136 Å². The molecule has 0 spiro atoms. The van der Waals surface area contributed by atoms with Gasteiger partial charge in [-0.25, -0.2) is 4.39 Å². The molecule has 0 aliphatic heterocycles. The third-order valence-electron chi connectivity index (χ3n) is 3.55. The largest absolute Gasteiger partial charge is 0.357 e. The molecule has 0 radical (unpaired) electrons. The highest BCUT2D eigenvalue weighted by molar-refractivity contribution is 5.80. The maximum Gasteiger partial charge on any atom is 0.191 e. The Morgan fingerprint density at radius 3 is 2.91 bits per heavy atom. The standard InChI is InChI=1S/C17H24FN5/c1-4-19-17(20-9-11-23-10-5-8-21-23)22-14(3)15-7-6-13(2)16(18)12-15/h5-8,10,12,14H,4,9,11H2,1-3H3,(H2,19,20,22). The molecule has 1 aromatic heterocycles. The number of aliphatic imine (C=N–C) groups is 1. The van der Waals surface area contributed by atoms with E-state index in [4.69, 9.17) is 0 Å². The van der Waals surface area contributed by atoms with E-state index in [1.165, 1.54) is 0 Å². The van der Waals surface area contributed by atoms with Crippen LogP contribution < -0.4 is 10.6 Å². The first-order valence-electron chi connectivity index (χ1n) is 7.88. The Morgan fingerprint density at radius 2 is 2.26 bits per heavy atom. The summed E-state index contributed by atoms with van der Waals surface area (Å²) in [6.07, 6.45) is 3.66. The van der Waals surface area contributed by atoms with Crippen LogP contribution >= 0.6 is 0 Å². The molecule has 2 N–H and O–H groups in total. The van der Waals surface area contributed by atoms with Crippen molar-refractivity contribution in [2.45, 2.75) is 33.4 Å². The van der Waals surface area contributed by atoms with E-state index in [9.17, 15) is 4.39 Å². The van der Waals surface area contributed by atoms with E-state index in [2.05, 4.69) is 20.7 Å². The van der Waals surface area contributed by atoms with Gasteiger partial charge in [-0.3, -0.25) is 9.67 Å². The summed E-state index contributed by atoms with van der Waals surface area (Å²) in [6, 6.07) is 7.16. The molecular formula is C17H24FN5. The molecule has 0 amide bonds. The molecule has 5 nitrogen and oxygen atoms in total. The van der Waals surface area contributed by atoms with Gasteiger partial charge in [0.25, 0.3) is 0 Å². The lowest BCUT2D eigenvalue weighted by Gasteiger charge is -2.18. The molecule has 0 bridgehead atoms. The van der Waals surface area contributed by atoms with Gasteiger partial charge in [-0.05, 0) is 44.0 Å². The molecule has 124 valence electrons. The van der Waals surface area contributed by atoms with E-state index in [-0.39, 0.29) is 11.9 Å². The average Bonchev–Trinajstić information content (AvgIpc) is 3.03. The minimum atomic E-state index is -0.184. The number of guanidine groups is 1. The van der Waals surface area contributed by atoms with Crippen LogP contribution in [0.3, 0.4) is 0 Å². The van der Waals surface area contributed by atoms with Crippen molar-refractivity contribution >= 4 is 5.96 Å². The number of benzene rings is 1. The van der Waals surface area contributed by atoms with Gasteiger partial charge < -0.3 is 10.6 Å². The zero-order chi connectivity index (χ0) is 16.7. The van der Waals surface area contributed by atoms with Gasteiger partial charge in [0.15, 0.2) is 5.96 Å². The average molecular weight is 317 g/mol. The molecule has 1 aromatic carbocycles. The fraction of sp³-hybridized carbons (Fsp3) is 0.412. The van der Waals surface area contributed by atoms with Crippen LogP contribution in [-0.4, -0.2) is 28.8 Å². The van der Waals surface area contributed by atoms with E-state index >= 15 is 0 Å². The van der Waals surface area contributed by atoms with Crippen molar-refractivity contribution in [3.05, 3.63) is 53.6 Å². The fourth-order valence-corrected chi connectivity index (χ4v) is 2.18. The van der Waals surface area contributed by atoms with Crippen LogP contribution in [0.15, 0.2) is 41.7 Å². The van der Waals surface area contributed by atoms with Crippen LogP contribution in [0.2, 0.25) is 0 Å². The number of nitrogens with one attached hydrogen (secondary N) is 2. The van der Waals surface area contributed by atoms with Crippen molar-refractivity contribution in [2.24, 2.45) is 4.99 Å². The van der Waals surface area contributed by atoms with Gasteiger partial charge in [0, 0.05) is 18.9 Å². The van der Waals surface area contributed by atoms with E-state index in [0.29, 0.717) is 18.1 Å². The molecule has 0 fully saturated rings. The minimum Gasteiger partial charge on any atom is -0.357 e. The lowest BCUT2D eigenvalue weighted by molar-refractivity contribution is 0.604. The summed E-state index contributed by atoms with van der Waals surface area (Å²) >= 11 is 0. The number of hydrogen-bond donors (Lipinski definition) is 2. The van der Waals surface area contributed by atoms with Crippen LogP contribution in [-0.2, 0) is 6.54 Å². The normalized spacial score (nSPS) is 13.0. The predicted molar refractivity (Wildman–Crippen MR) is 90.9 cm³/mol. The van der Waals surface area contributed by atoms with E-state index in [0.717, 1.165) is 18.7 Å². The first kappa shape index (κ1) is 17.0. The van der Waals surface area contributed by atoms with Gasteiger partial charge in [-0.2, -0.15) is 5.10 Å². The van der Waals surface area contributed by atoms with Crippen molar-refractivity contribution in [1.82, 2.24) is 20.4 Å². The van der Waals surface area contributed by atoms with Crippen molar-refractivity contribution in [2.75, 3.05) is 13.1 Å². The van der Waals surface area contributed by atoms with Crippen LogP contribution in [0, 0.1) is 12.7 Å². The molecule has 2 aromatic rings. The Bertz CT molecular complexity index is 636. The van der Waals surface area contributed by atoms with E-state index < -0.39 is 0 Å². The molecule has 1 atom stereocenters. The third kappa shape index (κ3) is 5.09. The Balaban J connectivity index is 1.97. The van der Waals surface area contributed by atoms with Crippen LogP contribution in [0.4, 0.5) is 4.39 Å². The molecule has 0 saturated carbocycles. The van der Waals surface area contributed by atoms with Gasteiger partial charge in [-0.1, -0.05) is 12.1 Å². The minimum absolute atomic E-state index is 0.0346.